The molecule has 1 atom stereocenters. The number of urea groups is 1. The van der Waals surface area contributed by atoms with Gasteiger partial charge in [-0.1, -0.05) is 17.7 Å². The smallest absolute Gasteiger partial charge is 0.322 e. The number of anilines is 1. The number of nitrogens with zero attached hydrogens (tertiary/aromatic N) is 1. The number of carbonyl (C=O) groups is 2. The van der Waals surface area contributed by atoms with Crippen molar-refractivity contribution in [2.24, 2.45) is 0 Å². The summed E-state index contributed by atoms with van der Waals surface area (Å²) in [6.07, 6.45) is 2.33. The molecule has 2 N–H and O–H groups in total. The number of benzene rings is 1. The minimum Gasteiger partial charge on any atom is -0.382 e. The van der Waals surface area contributed by atoms with Crippen LogP contribution in [0.25, 0.3) is 0 Å². The fraction of sp³-hybridized carbons (Fsp3) is 0.556. The highest BCUT2D eigenvalue weighted by atomic mass is 16.5. The Kier molecular flexibility index (Phi) is 7.06. The summed E-state index contributed by atoms with van der Waals surface area (Å²) in [5, 5.41) is 5.77. The van der Waals surface area contributed by atoms with Gasteiger partial charge >= 0.3 is 6.03 Å². The summed E-state index contributed by atoms with van der Waals surface area (Å²) >= 11 is 0. The lowest BCUT2D eigenvalue weighted by Crippen LogP contribution is -2.47. The van der Waals surface area contributed by atoms with E-state index in [4.69, 9.17) is 4.74 Å². The Morgan fingerprint density at radius 3 is 2.75 bits per heavy atom. The van der Waals surface area contributed by atoms with Crippen molar-refractivity contribution in [3.8, 4) is 0 Å². The van der Waals surface area contributed by atoms with Crippen LogP contribution in [0, 0.1) is 6.92 Å². The maximum atomic E-state index is 12.4. The first-order chi connectivity index (χ1) is 11.6. The summed E-state index contributed by atoms with van der Waals surface area (Å²) in [4.78, 5) is 26.4. The van der Waals surface area contributed by atoms with Crippen molar-refractivity contribution in [2.45, 2.75) is 39.2 Å². The van der Waals surface area contributed by atoms with E-state index in [2.05, 4.69) is 10.6 Å². The normalized spacial score (nSPS) is 16.9. The molecule has 1 unspecified atom stereocenters. The first kappa shape index (κ1) is 18.3. The molecule has 0 radical (unpaired) electrons. The van der Waals surface area contributed by atoms with Crippen molar-refractivity contribution in [2.75, 3.05) is 31.6 Å². The second kappa shape index (κ2) is 9.27. The molecule has 6 heteroatoms. The monoisotopic (exact) mass is 333 g/mol. The Balaban J connectivity index is 1.83. The molecule has 1 fully saturated rings. The zero-order chi connectivity index (χ0) is 17.4. The van der Waals surface area contributed by atoms with E-state index in [-0.39, 0.29) is 18.0 Å². The quantitative estimate of drug-likeness (QED) is 0.753. The molecule has 0 saturated carbocycles. The molecule has 0 spiro atoms. The molecule has 2 rings (SSSR count). The zero-order valence-electron chi connectivity index (χ0n) is 14.5. The Morgan fingerprint density at radius 1 is 1.29 bits per heavy atom. The van der Waals surface area contributed by atoms with Crippen LogP contribution in [0.4, 0.5) is 10.5 Å². The molecule has 1 aromatic carbocycles. The van der Waals surface area contributed by atoms with Crippen LogP contribution in [-0.4, -0.2) is 49.2 Å². The van der Waals surface area contributed by atoms with Gasteiger partial charge in [-0.2, -0.15) is 0 Å². The van der Waals surface area contributed by atoms with Gasteiger partial charge in [0.1, 0.15) is 6.04 Å². The van der Waals surface area contributed by atoms with Gasteiger partial charge in [-0.15, -0.1) is 0 Å². The van der Waals surface area contributed by atoms with Crippen LogP contribution < -0.4 is 10.6 Å². The fourth-order valence-corrected chi connectivity index (χ4v) is 2.76. The molecule has 1 aliphatic rings. The first-order valence-electron chi connectivity index (χ1n) is 8.61. The van der Waals surface area contributed by atoms with Crippen LogP contribution in [0.1, 0.15) is 31.7 Å². The van der Waals surface area contributed by atoms with E-state index in [9.17, 15) is 9.59 Å². The molecule has 1 aliphatic heterocycles. The van der Waals surface area contributed by atoms with Gasteiger partial charge in [0.15, 0.2) is 0 Å². The Hall–Kier alpha value is -2.08. The van der Waals surface area contributed by atoms with Crippen molar-refractivity contribution in [1.29, 1.82) is 0 Å². The fourth-order valence-electron chi connectivity index (χ4n) is 2.76. The highest BCUT2D eigenvalue weighted by molar-refractivity contribution is 5.94. The van der Waals surface area contributed by atoms with Gasteiger partial charge in [0.2, 0.25) is 5.91 Å². The number of carbonyl (C=O) groups excluding carboxylic acids is 2. The molecule has 0 aliphatic carbocycles. The number of amides is 3. The van der Waals surface area contributed by atoms with E-state index in [0.29, 0.717) is 32.7 Å². The van der Waals surface area contributed by atoms with E-state index in [1.165, 1.54) is 0 Å². The lowest BCUT2D eigenvalue weighted by atomic mass is 10.2. The van der Waals surface area contributed by atoms with E-state index in [1.54, 1.807) is 4.90 Å². The molecule has 0 aromatic heterocycles. The number of hydrogen-bond donors (Lipinski definition) is 2. The molecule has 1 heterocycles. The van der Waals surface area contributed by atoms with Gasteiger partial charge in [0.25, 0.3) is 0 Å². The predicted octanol–water partition coefficient (Wildman–Crippen LogP) is 2.53. The van der Waals surface area contributed by atoms with Crippen LogP contribution in [0.5, 0.6) is 0 Å². The summed E-state index contributed by atoms with van der Waals surface area (Å²) in [5.74, 6) is -0.0805. The van der Waals surface area contributed by atoms with Crippen LogP contribution in [0.2, 0.25) is 0 Å². The maximum Gasteiger partial charge on any atom is 0.322 e. The zero-order valence-corrected chi connectivity index (χ0v) is 14.5. The number of nitrogens with one attached hydrogen (secondary N) is 2. The number of aryl methyl sites for hydroxylation is 1. The van der Waals surface area contributed by atoms with Crippen LogP contribution >= 0.6 is 0 Å². The third-order valence-corrected chi connectivity index (χ3v) is 4.09. The van der Waals surface area contributed by atoms with Gasteiger partial charge in [0.05, 0.1) is 0 Å². The second-order valence-corrected chi connectivity index (χ2v) is 5.99. The first-order valence-corrected chi connectivity index (χ1v) is 8.61. The van der Waals surface area contributed by atoms with Crippen LogP contribution in [-0.2, 0) is 9.53 Å². The van der Waals surface area contributed by atoms with Crippen molar-refractivity contribution >= 4 is 17.6 Å². The molecule has 1 saturated heterocycles. The molecule has 3 amide bonds. The van der Waals surface area contributed by atoms with Gasteiger partial charge in [-0.3, -0.25) is 4.79 Å². The largest absolute Gasteiger partial charge is 0.382 e. The Labute approximate surface area is 143 Å². The molecular weight excluding hydrogens is 306 g/mol. The van der Waals surface area contributed by atoms with Crippen LogP contribution in [0.15, 0.2) is 24.3 Å². The number of hydrogen-bond acceptors (Lipinski definition) is 3. The second-order valence-electron chi connectivity index (χ2n) is 5.99. The maximum absolute atomic E-state index is 12.4. The molecule has 24 heavy (non-hydrogen) atoms. The van der Waals surface area contributed by atoms with E-state index < -0.39 is 0 Å². The minimum absolute atomic E-state index is 0.0805. The molecule has 0 bridgehead atoms. The summed E-state index contributed by atoms with van der Waals surface area (Å²) in [7, 11) is 0. The summed E-state index contributed by atoms with van der Waals surface area (Å²) in [5.41, 5.74) is 1.88. The van der Waals surface area contributed by atoms with Crippen LogP contribution in [0.3, 0.4) is 0 Å². The summed E-state index contributed by atoms with van der Waals surface area (Å²) in [6.45, 7) is 6.44. The average Bonchev–Trinajstić information content (AvgIpc) is 3.06. The van der Waals surface area contributed by atoms with Gasteiger partial charge in [-0.05, 0) is 45.2 Å². The van der Waals surface area contributed by atoms with Gasteiger partial charge in [0, 0.05) is 32.0 Å². The van der Waals surface area contributed by atoms with Gasteiger partial charge < -0.3 is 20.3 Å². The van der Waals surface area contributed by atoms with E-state index in [1.807, 2.05) is 38.1 Å². The predicted molar refractivity (Wildman–Crippen MR) is 94.0 cm³/mol. The standard InChI is InChI=1S/C18H27N3O3/c1-3-24-13-5-11-19-17(22)16-6-4-12-21(16)18(23)20-15-9-7-14(2)8-10-15/h7-10,16H,3-6,11-13H2,1-2H3,(H,19,22)(H,20,23). The van der Waals surface area contributed by atoms with Crippen molar-refractivity contribution in [3.05, 3.63) is 29.8 Å². The SMILES string of the molecule is CCOCCCNC(=O)C1CCCN1C(=O)Nc1ccc(C)cc1. The van der Waals surface area contributed by atoms with E-state index >= 15 is 0 Å². The highest BCUT2D eigenvalue weighted by Crippen LogP contribution is 2.19. The average molecular weight is 333 g/mol. The topological polar surface area (TPSA) is 70.7 Å². The highest BCUT2D eigenvalue weighted by Gasteiger charge is 2.33. The van der Waals surface area contributed by atoms with Crippen molar-refractivity contribution in [3.63, 3.8) is 0 Å². The Bertz CT molecular complexity index is 545. The van der Waals surface area contributed by atoms with E-state index in [0.717, 1.165) is 24.1 Å². The van der Waals surface area contributed by atoms with Crippen molar-refractivity contribution in [1.82, 2.24) is 10.2 Å². The minimum atomic E-state index is -0.387. The number of rotatable bonds is 7. The lowest BCUT2D eigenvalue weighted by Gasteiger charge is -2.24. The third kappa shape index (κ3) is 5.23. The summed E-state index contributed by atoms with van der Waals surface area (Å²) < 4.78 is 5.25. The lowest BCUT2D eigenvalue weighted by molar-refractivity contribution is -0.124. The van der Waals surface area contributed by atoms with Crippen molar-refractivity contribution < 1.29 is 14.3 Å². The Morgan fingerprint density at radius 2 is 2.04 bits per heavy atom. The molecule has 132 valence electrons. The molecule has 6 nitrogen and oxygen atoms in total. The molecular formula is C18H27N3O3. The molecule has 1 aromatic rings. The number of likely N-dealkylation sites (tertiary alicyclic amines) is 1. The third-order valence-electron chi connectivity index (χ3n) is 4.09. The van der Waals surface area contributed by atoms with Gasteiger partial charge in [-0.25, -0.2) is 4.79 Å². The number of ether oxygens (including phenoxy) is 1. The summed E-state index contributed by atoms with van der Waals surface area (Å²) in [6, 6.07) is 7.02.